The molecule has 0 aliphatic heterocycles. The highest BCUT2D eigenvalue weighted by atomic mass is 17.1. The number of unbranched alkanes of at least 4 members (excludes halogenated alkanes) is 2. The van der Waals surface area contributed by atoms with Crippen LogP contribution in [0.15, 0.2) is 30.3 Å². The Morgan fingerprint density at radius 1 is 0.929 bits per heavy atom. The fraction of sp³-hybridized carbons (Fsp3) is 0.696. The maximum absolute atomic E-state index is 10.5. The first-order chi connectivity index (χ1) is 12.8. The fourth-order valence-corrected chi connectivity index (χ4v) is 1.99. The molecule has 164 valence electrons. The zero-order valence-electron chi connectivity index (χ0n) is 19.1. The minimum atomic E-state index is -0.532. The second-order valence-electron chi connectivity index (χ2n) is 9.35. The minimum Gasteiger partial charge on any atom is -0.301 e. The fourth-order valence-electron chi connectivity index (χ4n) is 1.99. The van der Waals surface area contributed by atoms with Crippen molar-refractivity contribution in [2.24, 2.45) is 5.41 Å². The van der Waals surface area contributed by atoms with E-state index in [4.69, 9.17) is 10.5 Å². The second kappa shape index (κ2) is 15.5. The van der Waals surface area contributed by atoms with E-state index in [9.17, 15) is 4.79 Å². The van der Waals surface area contributed by atoms with Crippen LogP contribution in [-0.4, -0.2) is 22.1 Å². The number of hydrogen-bond acceptors (Lipinski definition) is 5. The van der Waals surface area contributed by atoms with Gasteiger partial charge in [-0.25, -0.2) is 9.68 Å². The number of carbonyl (C=O) groups excluding carboxylic acids is 1. The predicted molar refractivity (Wildman–Crippen MR) is 115 cm³/mol. The van der Waals surface area contributed by atoms with E-state index in [1.54, 1.807) is 20.8 Å². The molecule has 0 aromatic heterocycles. The van der Waals surface area contributed by atoms with Gasteiger partial charge in [-0.1, -0.05) is 77.8 Å². The van der Waals surface area contributed by atoms with Gasteiger partial charge in [-0.15, -0.1) is 0 Å². The summed E-state index contributed by atoms with van der Waals surface area (Å²) < 4.78 is 0. The Kier molecular flexibility index (Phi) is 15.9. The summed E-state index contributed by atoms with van der Waals surface area (Å²) in [4.78, 5) is 18.0. The second-order valence-corrected chi connectivity index (χ2v) is 9.35. The third-order valence-corrected chi connectivity index (χ3v) is 3.65. The minimum absolute atomic E-state index is 0.320. The third kappa shape index (κ3) is 22.6. The zero-order valence-corrected chi connectivity index (χ0v) is 19.1. The summed E-state index contributed by atoms with van der Waals surface area (Å²) in [5, 5.41) is 15.9. The van der Waals surface area contributed by atoms with E-state index >= 15 is 0 Å². The summed E-state index contributed by atoms with van der Waals surface area (Å²) in [5.74, 6) is 0.127. The first kappa shape index (κ1) is 28.8. The van der Waals surface area contributed by atoms with Gasteiger partial charge in [0.1, 0.15) is 0 Å². The molecule has 0 aliphatic carbocycles. The van der Waals surface area contributed by atoms with Gasteiger partial charge in [0.2, 0.25) is 0 Å². The Morgan fingerprint density at radius 2 is 1.43 bits per heavy atom. The van der Waals surface area contributed by atoms with E-state index < -0.39 is 11.6 Å². The van der Waals surface area contributed by atoms with Crippen LogP contribution >= 0.6 is 0 Å². The Labute approximate surface area is 171 Å². The smallest absolute Gasteiger partial charge is 0.301 e. The molecule has 2 N–H and O–H groups in total. The highest BCUT2D eigenvalue weighted by Gasteiger charge is 2.09. The van der Waals surface area contributed by atoms with Gasteiger partial charge in [0, 0.05) is 6.42 Å². The van der Waals surface area contributed by atoms with Gasteiger partial charge in [0.05, 0.1) is 5.60 Å². The van der Waals surface area contributed by atoms with Crippen LogP contribution in [0.25, 0.3) is 0 Å². The lowest BCUT2D eigenvalue weighted by Crippen LogP contribution is -2.15. The van der Waals surface area contributed by atoms with E-state index in [-0.39, 0.29) is 0 Å². The van der Waals surface area contributed by atoms with Crippen molar-refractivity contribution in [1.82, 2.24) is 0 Å². The molecule has 0 unspecified atom stereocenters. The molecule has 0 fully saturated rings. The summed E-state index contributed by atoms with van der Waals surface area (Å²) in [6.07, 6.45) is 4.44. The van der Waals surface area contributed by atoms with Crippen molar-refractivity contribution in [2.75, 3.05) is 0 Å². The number of carbonyl (C=O) groups is 1. The van der Waals surface area contributed by atoms with Gasteiger partial charge in [-0.05, 0) is 50.5 Å². The average molecular weight is 399 g/mol. The molecule has 5 nitrogen and oxygen atoms in total. The molecule has 0 saturated carbocycles. The molecule has 0 amide bonds. The Balaban J connectivity index is 0. The summed E-state index contributed by atoms with van der Waals surface area (Å²) in [6, 6.07) is 10.5. The maximum atomic E-state index is 10.5. The number of hydrogen-bond donors (Lipinski definition) is 2. The molecule has 0 saturated heterocycles. The van der Waals surface area contributed by atoms with E-state index in [0.717, 1.165) is 19.3 Å². The van der Waals surface area contributed by atoms with Crippen LogP contribution in [0.2, 0.25) is 0 Å². The van der Waals surface area contributed by atoms with Gasteiger partial charge < -0.3 is 4.89 Å². The van der Waals surface area contributed by atoms with Crippen molar-refractivity contribution >= 4 is 5.97 Å². The third-order valence-electron chi connectivity index (χ3n) is 3.65. The molecule has 0 atom stereocenters. The van der Waals surface area contributed by atoms with Crippen LogP contribution in [0.3, 0.4) is 0 Å². The van der Waals surface area contributed by atoms with Crippen LogP contribution in [0.5, 0.6) is 0 Å². The lowest BCUT2D eigenvalue weighted by Gasteiger charge is -2.17. The molecule has 0 heterocycles. The van der Waals surface area contributed by atoms with Gasteiger partial charge in [-0.2, -0.15) is 5.26 Å². The topological polar surface area (TPSA) is 76.0 Å². The molecular weight excluding hydrogens is 356 g/mol. The standard InChI is InChI=1S/C10H20O3.C9H12.C4H10O2/c1-10(2,3)8-6-4-5-7-9(11)13-12;1-8(2)9-6-4-3-5-7-9;1-4(2,3)6-5/h12H,4-8H2,1-3H3;3-8H,1-2H3;5H,1-3H3. The Hall–Kier alpha value is -1.43. The molecule has 0 aliphatic rings. The molecule has 28 heavy (non-hydrogen) atoms. The van der Waals surface area contributed by atoms with Crippen molar-refractivity contribution < 1.29 is 25.1 Å². The predicted octanol–water partition coefficient (Wildman–Crippen LogP) is 7.08. The van der Waals surface area contributed by atoms with Gasteiger partial charge in [-0.3, -0.25) is 5.26 Å². The van der Waals surface area contributed by atoms with E-state index in [1.807, 2.05) is 6.07 Å². The summed E-state index contributed by atoms with van der Waals surface area (Å²) in [7, 11) is 0. The highest BCUT2D eigenvalue weighted by molar-refractivity contribution is 5.68. The molecule has 1 aromatic rings. The molecule has 0 spiro atoms. The van der Waals surface area contributed by atoms with Crippen molar-refractivity contribution in [3.8, 4) is 0 Å². The van der Waals surface area contributed by atoms with E-state index in [2.05, 4.69) is 68.7 Å². The van der Waals surface area contributed by atoms with Crippen molar-refractivity contribution in [3.05, 3.63) is 35.9 Å². The average Bonchev–Trinajstić information content (AvgIpc) is 2.61. The quantitative estimate of drug-likeness (QED) is 0.304. The van der Waals surface area contributed by atoms with Crippen LogP contribution in [0.1, 0.15) is 99.0 Å². The molecular formula is C23H42O5. The van der Waals surface area contributed by atoms with Crippen molar-refractivity contribution in [2.45, 2.75) is 99.0 Å². The summed E-state index contributed by atoms with van der Waals surface area (Å²) in [6.45, 7) is 16.3. The number of benzene rings is 1. The normalized spacial score (nSPS) is 11.1. The Morgan fingerprint density at radius 3 is 1.75 bits per heavy atom. The Bertz CT molecular complexity index is 484. The van der Waals surface area contributed by atoms with Gasteiger partial charge in [0.25, 0.3) is 0 Å². The first-order valence-electron chi connectivity index (χ1n) is 10.0. The SMILES string of the molecule is CC(C)(C)CCCCCC(=O)OO.CC(C)(C)OO.CC(C)c1ccccc1. The number of rotatable bonds is 6. The zero-order chi connectivity index (χ0) is 22.2. The van der Waals surface area contributed by atoms with Crippen molar-refractivity contribution in [3.63, 3.8) is 0 Å². The lowest BCUT2D eigenvalue weighted by molar-refractivity contribution is -0.306. The molecule has 0 bridgehead atoms. The molecule has 5 heteroatoms. The van der Waals surface area contributed by atoms with E-state index in [0.29, 0.717) is 17.8 Å². The summed E-state index contributed by atoms with van der Waals surface area (Å²) >= 11 is 0. The monoisotopic (exact) mass is 398 g/mol. The highest BCUT2D eigenvalue weighted by Crippen LogP contribution is 2.22. The molecule has 1 rings (SSSR count). The largest absolute Gasteiger partial charge is 0.342 e. The lowest BCUT2D eigenvalue weighted by atomic mass is 9.89. The first-order valence-corrected chi connectivity index (χ1v) is 10.0. The van der Waals surface area contributed by atoms with Gasteiger partial charge >= 0.3 is 5.97 Å². The molecule has 0 radical (unpaired) electrons. The van der Waals surface area contributed by atoms with Crippen LogP contribution in [-0.2, 0) is 14.6 Å². The van der Waals surface area contributed by atoms with E-state index in [1.165, 1.54) is 12.0 Å². The van der Waals surface area contributed by atoms with Crippen LogP contribution in [0.4, 0.5) is 0 Å². The maximum Gasteiger partial charge on any atom is 0.342 e. The van der Waals surface area contributed by atoms with Crippen LogP contribution < -0.4 is 0 Å². The van der Waals surface area contributed by atoms with Crippen LogP contribution in [0, 0.1) is 5.41 Å². The van der Waals surface area contributed by atoms with Crippen molar-refractivity contribution in [1.29, 1.82) is 0 Å². The summed E-state index contributed by atoms with van der Waals surface area (Å²) in [5.41, 5.74) is 1.38. The molecule has 1 aromatic carbocycles. The van der Waals surface area contributed by atoms with Gasteiger partial charge in [0.15, 0.2) is 0 Å².